The van der Waals surface area contributed by atoms with Crippen molar-refractivity contribution in [1.82, 2.24) is 15.0 Å². The third-order valence-corrected chi connectivity index (χ3v) is 5.27. The second-order valence-corrected chi connectivity index (χ2v) is 8.17. The molecule has 4 rings (SSSR count). The van der Waals surface area contributed by atoms with Gasteiger partial charge in [-0.3, -0.25) is 4.79 Å². The highest BCUT2D eigenvalue weighted by Crippen LogP contribution is 2.28. The molecule has 0 saturated carbocycles. The lowest BCUT2D eigenvalue weighted by molar-refractivity contribution is -0.111. The Morgan fingerprint density at radius 2 is 1.49 bits per heavy atom. The standard InChI is InChI=1S/C28H28N6O3/c1-18-13-14-29-25(15-18)34-27-17-26(30-19(2)31-27)32-21-7-9-22(10-8-21)33-28(35)12-6-20-5-11-23(36-3)24(16-20)37-4/h5-17H,1-4H3,(H,33,35)(H2,29,30,31,32,34)/b12-6+. The van der Waals surface area contributed by atoms with Gasteiger partial charge in [0.1, 0.15) is 23.3 Å². The van der Waals surface area contributed by atoms with Gasteiger partial charge in [-0.25, -0.2) is 15.0 Å². The lowest BCUT2D eigenvalue weighted by Gasteiger charge is -2.11. The normalized spacial score (nSPS) is 10.7. The highest BCUT2D eigenvalue weighted by atomic mass is 16.5. The van der Waals surface area contributed by atoms with Crippen molar-refractivity contribution in [2.75, 3.05) is 30.2 Å². The highest BCUT2D eigenvalue weighted by Gasteiger charge is 2.06. The number of rotatable bonds is 9. The van der Waals surface area contributed by atoms with Crippen LogP contribution in [0.25, 0.3) is 6.08 Å². The number of carbonyl (C=O) groups excluding carboxylic acids is 1. The number of aryl methyl sites for hydroxylation is 2. The lowest BCUT2D eigenvalue weighted by atomic mass is 10.2. The summed E-state index contributed by atoms with van der Waals surface area (Å²) in [5, 5.41) is 9.33. The molecule has 37 heavy (non-hydrogen) atoms. The first-order valence-corrected chi connectivity index (χ1v) is 11.6. The largest absolute Gasteiger partial charge is 0.493 e. The summed E-state index contributed by atoms with van der Waals surface area (Å²) in [7, 11) is 3.15. The fourth-order valence-electron chi connectivity index (χ4n) is 3.53. The van der Waals surface area contributed by atoms with Crippen molar-refractivity contribution in [1.29, 1.82) is 0 Å². The molecule has 0 bridgehead atoms. The SMILES string of the molecule is COc1ccc(/C=C/C(=O)Nc2ccc(Nc3cc(Nc4cc(C)ccn4)nc(C)n3)cc2)cc1OC. The molecular weight excluding hydrogens is 468 g/mol. The van der Waals surface area contributed by atoms with Crippen LogP contribution in [0.2, 0.25) is 0 Å². The van der Waals surface area contributed by atoms with Gasteiger partial charge < -0.3 is 25.4 Å². The van der Waals surface area contributed by atoms with Crippen LogP contribution in [0.15, 0.2) is 72.9 Å². The zero-order chi connectivity index (χ0) is 26.2. The molecule has 0 saturated heterocycles. The molecule has 0 unspecified atom stereocenters. The van der Waals surface area contributed by atoms with Crippen molar-refractivity contribution in [2.24, 2.45) is 0 Å². The van der Waals surface area contributed by atoms with E-state index in [1.54, 1.807) is 38.6 Å². The zero-order valence-corrected chi connectivity index (χ0v) is 21.1. The first kappa shape index (κ1) is 25.2. The molecule has 0 atom stereocenters. The van der Waals surface area contributed by atoms with Gasteiger partial charge in [-0.2, -0.15) is 0 Å². The van der Waals surface area contributed by atoms with Crippen LogP contribution in [0.4, 0.5) is 28.8 Å². The van der Waals surface area contributed by atoms with Crippen LogP contribution in [-0.4, -0.2) is 35.1 Å². The van der Waals surface area contributed by atoms with E-state index in [1.807, 2.05) is 62.4 Å². The lowest BCUT2D eigenvalue weighted by Crippen LogP contribution is -2.07. The van der Waals surface area contributed by atoms with Gasteiger partial charge in [-0.15, -0.1) is 0 Å². The fourth-order valence-corrected chi connectivity index (χ4v) is 3.53. The summed E-state index contributed by atoms with van der Waals surface area (Å²) < 4.78 is 10.5. The quantitative estimate of drug-likeness (QED) is 0.255. The molecule has 2 aromatic carbocycles. The van der Waals surface area contributed by atoms with E-state index in [4.69, 9.17) is 9.47 Å². The Kier molecular flexibility index (Phi) is 7.95. The van der Waals surface area contributed by atoms with Gasteiger partial charge >= 0.3 is 0 Å². The van der Waals surface area contributed by atoms with Gasteiger partial charge in [0.2, 0.25) is 5.91 Å². The van der Waals surface area contributed by atoms with Crippen LogP contribution >= 0.6 is 0 Å². The Balaban J connectivity index is 1.37. The average Bonchev–Trinajstić information content (AvgIpc) is 2.88. The molecule has 0 aliphatic carbocycles. The van der Waals surface area contributed by atoms with Crippen molar-refractivity contribution in [3.05, 3.63) is 89.9 Å². The van der Waals surface area contributed by atoms with Crippen molar-refractivity contribution in [2.45, 2.75) is 13.8 Å². The van der Waals surface area contributed by atoms with E-state index in [9.17, 15) is 4.79 Å². The summed E-state index contributed by atoms with van der Waals surface area (Å²) in [6.07, 6.45) is 4.93. The summed E-state index contributed by atoms with van der Waals surface area (Å²) in [6.45, 7) is 3.83. The first-order chi connectivity index (χ1) is 17.9. The topological polar surface area (TPSA) is 110 Å². The van der Waals surface area contributed by atoms with E-state index in [0.29, 0.717) is 40.5 Å². The number of amides is 1. The second-order valence-electron chi connectivity index (χ2n) is 8.17. The summed E-state index contributed by atoms with van der Waals surface area (Å²) in [5.41, 5.74) is 3.40. The molecule has 0 aliphatic heterocycles. The molecule has 4 aromatic rings. The van der Waals surface area contributed by atoms with Gasteiger partial charge in [-0.05, 0) is 79.6 Å². The molecule has 0 fully saturated rings. The number of pyridine rings is 1. The molecule has 0 aliphatic rings. The van der Waals surface area contributed by atoms with E-state index in [1.165, 1.54) is 6.08 Å². The van der Waals surface area contributed by atoms with Crippen molar-refractivity contribution in [3.63, 3.8) is 0 Å². The number of anilines is 5. The minimum Gasteiger partial charge on any atom is -0.493 e. The Hall–Kier alpha value is -4.92. The van der Waals surface area contributed by atoms with E-state index >= 15 is 0 Å². The van der Waals surface area contributed by atoms with Crippen LogP contribution in [0.1, 0.15) is 17.0 Å². The number of nitrogens with zero attached hydrogens (tertiary/aromatic N) is 3. The first-order valence-electron chi connectivity index (χ1n) is 11.6. The Labute approximate surface area is 215 Å². The number of carbonyl (C=O) groups is 1. The van der Waals surface area contributed by atoms with E-state index in [-0.39, 0.29) is 5.91 Å². The smallest absolute Gasteiger partial charge is 0.248 e. The third kappa shape index (κ3) is 7.04. The molecule has 2 aromatic heterocycles. The van der Waals surface area contributed by atoms with Crippen LogP contribution in [0.3, 0.4) is 0 Å². The van der Waals surface area contributed by atoms with E-state index < -0.39 is 0 Å². The Morgan fingerprint density at radius 3 is 2.19 bits per heavy atom. The zero-order valence-electron chi connectivity index (χ0n) is 21.1. The Morgan fingerprint density at radius 1 is 0.784 bits per heavy atom. The van der Waals surface area contributed by atoms with E-state index in [2.05, 4.69) is 30.9 Å². The van der Waals surface area contributed by atoms with Crippen molar-refractivity contribution < 1.29 is 14.3 Å². The maximum Gasteiger partial charge on any atom is 0.248 e. The van der Waals surface area contributed by atoms with Gasteiger partial charge in [0.05, 0.1) is 14.2 Å². The van der Waals surface area contributed by atoms with Gasteiger partial charge in [0, 0.05) is 29.7 Å². The maximum atomic E-state index is 12.4. The molecule has 188 valence electrons. The van der Waals surface area contributed by atoms with Gasteiger partial charge in [-0.1, -0.05) is 6.07 Å². The Bertz CT molecular complexity index is 1420. The minimum atomic E-state index is -0.248. The second kappa shape index (κ2) is 11.7. The van der Waals surface area contributed by atoms with Crippen LogP contribution in [0.5, 0.6) is 11.5 Å². The molecular formula is C28H28N6O3. The van der Waals surface area contributed by atoms with Crippen molar-refractivity contribution >= 4 is 40.8 Å². The predicted molar refractivity (Wildman–Crippen MR) is 146 cm³/mol. The third-order valence-electron chi connectivity index (χ3n) is 5.27. The number of ether oxygens (including phenoxy) is 2. The molecule has 9 heteroatoms. The molecule has 3 N–H and O–H groups in total. The molecule has 1 amide bonds. The number of hydrogen-bond acceptors (Lipinski definition) is 8. The monoisotopic (exact) mass is 496 g/mol. The number of nitrogens with one attached hydrogen (secondary N) is 3. The van der Waals surface area contributed by atoms with Gasteiger partial charge in [0.25, 0.3) is 0 Å². The fraction of sp³-hybridized carbons (Fsp3) is 0.143. The van der Waals surface area contributed by atoms with Crippen molar-refractivity contribution in [3.8, 4) is 11.5 Å². The van der Waals surface area contributed by atoms with Crippen LogP contribution in [-0.2, 0) is 4.79 Å². The summed E-state index contributed by atoms with van der Waals surface area (Å²) >= 11 is 0. The number of aromatic nitrogens is 3. The number of benzene rings is 2. The molecule has 2 heterocycles. The number of hydrogen-bond donors (Lipinski definition) is 3. The van der Waals surface area contributed by atoms with Gasteiger partial charge in [0.15, 0.2) is 11.5 Å². The van der Waals surface area contributed by atoms with Crippen LogP contribution in [0, 0.1) is 13.8 Å². The number of methoxy groups -OCH3 is 2. The molecule has 0 radical (unpaired) electrons. The molecule has 0 spiro atoms. The predicted octanol–water partition coefficient (Wildman–Crippen LogP) is 5.64. The summed E-state index contributed by atoms with van der Waals surface area (Å²) in [4.78, 5) is 25.6. The summed E-state index contributed by atoms with van der Waals surface area (Å²) in [6, 6.07) is 18.5. The molecule has 9 nitrogen and oxygen atoms in total. The highest BCUT2D eigenvalue weighted by molar-refractivity contribution is 6.02. The summed E-state index contributed by atoms with van der Waals surface area (Å²) in [5.74, 6) is 3.58. The maximum absolute atomic E-state index is 12.4. The van der Waals surface area contributed by atoms with E-state index in [0.717, 1.165) is 16.8 Å². The van der Waals surface area contributed by atoms with Crippen LogP contribution < -0.4 is 25.4 Å². The minimum absolute atomic E-state index is 0.248. The average molecular weight is 497 g/mol.